The van der Waals surface area contributed by atoms with Crippen molar-refractivity contribution in [2.75, 3.05) is 0 Å². The molecule has 0 atom stereocenters. The van der Waals surface area contributed by atoms with Gasteiger partial charge in [-0.1, -0.05) is 0 Å². The summed E-state index contributed by atoms with van der Waals surface area (Å²) in [4.78, 5) is 10.3. The van der Waals surface area contributed by atoms with Crippen LogP contribution in [0.2, 0.25) is 0 Å². The SMILES string of the molecule is Cc1cc(C(F)(F)F)c(/C=C/C(=O)O)c(C(F)(F)F)c1. The van der Waals surface area contributed by atoms with Gasteiger partial charge in [-0.05, 0) is 36.3 Å². The van der Waals surface area contributed by atoms with Crippen LogP contribution < -0.4 is 0 Å². The number of hydrogen-bond acceptors (Lipinski definition) is 1. The Balaban J connectivity index is 3.67. The van der Waals surface area contributed by atoms with Gasteiger partial charge in [-0.25, -0.2) is 4.79 Å². The van der Waals surface area contributed by atoms with E-state index in [1.54, 1.807) is 0 Å². The van der Waals surface area contributed by atoms with E-state index in [1.807, 2.05) is 0 Å². The molecule has 0 bridgehead atoms. The number of hydrogen-bond donors (Lipinski definition) is 1. The summed E-state index contributed by atoms with van der Waals surface area (Å²) >= 11 is 0. The lowest BCUT2D eigenvalue weighted by Gasteiger charge is -2.17. The Hall–Kier alpha value is -1.99. The van der Waals surface area contributed by atoms with Crippen LogP contribution in [0.1, 0.15) is 22.3 Å². The van der Waals surface area contributed by atoms with Gasteiger partial charge in [-0.2, -0.15) is 26.3 Å². The average Bonchev–Trinajstić information content (AvgIpc) is 2.23. The Morgan fingerprint density at radius 2 is 1.45 bits per heavy atom. The fraction of sp³-hybridized carbons (Fsp3) is 0.250. The molecule has 2 nitrogen and oxygen atoms in total. The van der Waals surface area contributed by atoms with E-state index in [0.29, 0.717) is 18.2 Å². The third kappa shape index (κ3) is 3.75. The molecule has 0 unspecified atom stereocenters. The molecule has 0 heterocycles. The highest BCUT2D eigenvalue weighted by atomic mass is 19.4. The summed E-state index contributed by atoms with van der Waals surface area (Å²) in [5, 5.41) is 8.37. The molecule has 20 heavy (non-hydrogen) atoms. The van der Waals surface area contributed by atoms with Crippen LogP contribution >= 0.6 is 0 Å². The van der Waals surface area contributed by atoms with E-state index in [-0.39, 0.29) is 11.6 Å². The largest absolute Gasteiger partial charge is 0.478 e. The predicted octanol–water partition coefficient (Wildman–Crippen LogP) is 4.13. The summed E-state index contributed by atoms with van der Waals surface area (Å²) < 4.78 is 76.6. The minimum atomic E-state index is -5.02. The lowest BCUT2D eigenvalue weighted by molar-refractivity contribution is -0.143. The van der Waals surface area contributed by atoms with Crippen molar-refractivity contribution < 1.29 is 36.2 Å². The molecule has 0 aliphatic heterocycles. The number of rotatable bonds is 2. The highest BCUT2D eigenvalue weighted by molar-refractivity contribution is 5.86. The molecule has 0 saturated heterocycles. The number of carbonyl (C=O) groups is 1. The molecular formula is C12H8F6O2. The zero-order valence-electron chi connectivity index (χ0n) is 9.93. The molecule has 1 rings (SSSR count). The van der Waals surface area contributed by atoms with Crippen LogP contribution in [0.3, 0.4) is 0 Å². The zero-order chi connectivity index (χ0) is 15.7. The fourth-order valence-electron chi connectivity index (χ4n) is 1.60. The van der Waals surface area contributed by atoms with Crippen molar-refractivity contribution in [3.63, 3.8) is 0 Å². The Labute approximate surface area is 109 Å². The van der Waals surface area contributed by atoms with E-state index < -0.39 is 35.0 Å². The third-order valence-electron chi connectivity index (χ3n) is 2.33. The van der Waals surface area contributed by atoms with Gasteiger partial charge in [0.2, 0.25) is 0 Å². The molecule has 0 aliphatic carbocycles. The highest BCUT2D eigenvalue weighted by Crippen LogP contribution is 2.40. The second kappa shape index (κ2) is 5.18. The van der Waals surface area contributed by atoms with Gasteiger partial charge in [0.15, 0.2) is 0 Å². The number of aryl methyl sites for hydroxylation is 1. The van der Waals surface area contributed by atoms with Crippen molar-refractivity contribution >= 4 is 12.0 Å². The lowest BCUT2D eigenvalue weighted by atomic mass is 9.96. The van der Waals surface area contributed by atoms with Gasteiger partial charge in [0.05, 0.1) is 11.1 Å². The van der Waals surface area contributed by atoms with Gasteiger partial charge in [0, 0.05) is 6.08 Å². The van der Waals surface area contributed by atoms with Gasteiger partial charge in [0.1, 0.15) is 0 Å². The number of alkyl halides is 6. The van der Waals surface area contributed by atoms with Crippen LogP contribution in [-0.2, 0) is 17.1 Å². The highest BCUT2D eigenvalue weighted by Gasteiger charge is 2.40. The maximum absolute atomic E-state index is 12.8. The normalized spacial score (nSPS) is 12.9. The molecule has 0 fully saturated rings. The van der Waals surface area contributed by atoms with Gasteiger partial charge in [-0.15, -0.1) is 0 Å². The van der Waals surface area contributed by atoms with Crippen molar-refractivity contribution in [3.05, 3.63) is 40.5 Å². The van der Waals surface area contributed by atoms with Crippen LogP contribution in [0.15, 0.2) is 18.2 Å². The average molecular weight is 298 g/mol. The van der Waals surface area contributed by atoms with Crippen molar-refractivity contribution in [2.45, 2.75) is 19.3 Å². The van der Waals surface area contributed by atoms with Crippen LogP contribution in [-0.4, -0.2) is 11.1 Å². The standard InChI is InChI=1S/C12H8F6O2/c1-6-4-8(11(13,14)15)7(2-3-10(19)20)9(5-6)12(16,17)18/h2-5H,1H3,(H,19,20)/b3-2+. The maximum Gasteiger partial charge on any atom is 0.417 e. The molecule has 0 radical (unpaired) electrons. The van der Waals surface area contributed by atoms with E-state index in [4.69, 9.17) is 5.11 Å². The molecule has 0 spiro atoms. The first-order chi connectivity index (χ1) is 8.93. The number of benzene rings is 1. The summed E-state index contributed by atoms with van der Waals surface area (Å²) in [6, 6.07) is 1.08. The van der Waals surface area contributed by atoms with E-state index in [1.165, 1.54) is 0 Å². The van der Waals surface area contributed by atoms with Gasteiger partial charge >= 0.3 is 18.3 Å². The van der Waals surface area contributed by atoms with Crippen molar-refractivity contribution in [3.8, 4) is 0 Å². The van der Waals surface area contributed by atoms with Gasteiger partial charge < -0.3 is 5.11 Å². The number of carboxylic acid groups (broad SMARTS) is 1. The summed E-state index contributed by atoms with van der Waals surface area (Å²) in [5.41, 5.74) is -4.49. The molecule has 0 aliphatic rings. The third-order valence-corrected chi connectivity index (χ3v) is 2.33. The van der Waals surface area contributed by atoms with Crippen LogP contribution in [0, 0.1) is 6.92 Å². The Morgan fingerprint density at radius 3 is 1.75 bits per heavy atom. The Morgan fingerprint density at radius 1 is 1.05 bits per heavy atom. The molecule has 0 amide bonds. The molecular weight excluding hydrogens is 290 g/mol. The van der Waals surface area contributed by atoms with Crippen molar-refractivity contribution in [2.24, 2.45) is 0 Å². The van der Waals surface area contributed by atoms with Crippen LogP contribution in [0.5, 0.6) is 0 Å². The second-order valence-electron chi connectivity index (χ2n) is 3.94. The van der Waals surface area contributed by atoms with E-state index in [2.05, 4.69) is 0 Å². The Kier molecular flexibility index (Phi) is 4.16. The molecule has 0 aromatic heterocycles. The molecule has 0 saturated carbocycles. The van der Waals surface area contributed by atoms with Gasteiger partial charge in [0.25, 0.3) is 0 Å². The first kappa shape index (κ1) is 16.1. The summed E-state index contributed by atoms with van der Waals surface area (Å²) in [5.74, 6) is -1.65. The molecule has 1 N–H and O–H groups in total. The van der Waals surface area contributed by atoms with Gasteiger partial charge in [-0.3, -0.25) is 0 Å². The summed E-state index contributed by atoms with van der Waals surface area (Å²) in [6.07, 6.45) is -9.52. The number of carboxylic acids is 1. The minimum Gasteiger partial charge on any atom is -0.478 e. The van der Waals surface area contributed by atoms with Crippen LogP contribution in [0.25, 0.3) is 6.08 Å². The summed E-state index contributed by atoms with van der Waals surface area (Å²) in [6.45, 7) is 1.09. The second-order valence-corrected chi connectivity index (χ2v) is 3.94. The quantitative estimate of drug-likeness (QED) is 0.658. The predicted molar refractivity (Wildman–Crippen MR) is 57.9 cm³/mol. The van der Waals surface area contributed by atoms with Crippen molar-refractivity contribution in [1.29, 1.82) is 0 Å². The van der Waals surface area contributed by atoms with Crippen LogP contribution in [0.4, 0.5) is 26.3 Å². The minimum absolute atomic E-state index is 0.225. The topological polar surface area (TPSA) is 37.3 Å². The van der Waals surface area contributed by atoms with E-state index in [9.17, 15) is 31.1 Å². The molecule has 8 heteroatoms. The first-order valence-corrected chi connectivity index (χ1v) is 5.13. The zero-order valence-corrected chi connectivity index (χ0v) is 9.93. The summed E-state index contributed by atoms with van der Waals surface area (Å²) in [7, 11) is 0. The number of halogens is 6. The molecule has 1 aromatic rings. The monoisotopic (exact) mass is 298 g/mol. The van der Waals surface area contributed by atoms with Crippen molar-refractivity contribution in [1.82, 2.24) is 0 Å². The smallest absolute Gasteiger partial charge is 0.417 e. The maximum atomic E-state index is 12.8. The number of aliphatic carboxylic acids is 1. The van der Waals surface area contributed by atoms with E-state index >= 15 is 0 Å². The van der Waals surface area contributed by atoms with E-state index in [0.717, 1.165) is 6.92 Å². The lowest BCUT2D eigenvalue weighted by Crippen LogP contribution is -2.15. The molecule has 1 aromatic carbocycles. The molecule has 110 valence electrons. The Bertz CT molecular complexity index is 519. The first-order valence-electron chi connectivity index (χ1n) is 5.13. The fourth-order valence-corrected chi connectivity index (χ4v) is 1.60.